The van der Waals surface area contributed by atoms with E-state index in [2.05, 4.69) is 13.8 Å². The predicted octanol–water partition coefficient (Wildman–Crippen LogP) is 9.48. The molecule has 3 aromatic carbocycles. The van der Waals surface area contributed by atoms with E-state index in [1.165, 1.54) is 12.1 Å². The summed E-state index contributed by atoms with van der Waals surface area (Å²) in [5.74, 6) is -4.99. The quantitative estimate of drug-likeness (QED) is 0.145. The molecule has 39 heavy (non-hydrogen) atoms. The highest BCUT2D eigenvalue weighted by Gasteiger charge is 2.29. The van der Waals surface area contributed by atoms with Crippen LogP contribution in [-0.2, 0) is 17.6 Å². The van der Waals surface area contributed by atoms with Crippen molar-refractivity contribution >= 4 is 5.97 Å². The van der Waals surface area contributed by atoms with Crippen LogP contribution in [0.1, 0.15) is 98.2 Å². The van der Waals surface area contributed by atoms with E-state index in [-0.39, 0.29) is 11.5 Å². The highest BCUT2D eigenvalue weighted by atomic mass is 19.2. The fourth-order valence-corrected chi connectivity index (χ4v) is 5.45. The van der Waals surface area contributed by atoms with Crippen molar-refractivity contribution in [3.8, 4) is 11.1 Å². The first-order valence-corrected chi connectivity index (χ1v) is 14.1. The third kappa shape index (κ3) is 6.71. The largest absolute Gasteiger partial charge is 0.459 e. The Morgan fingerprint density at radius 1 is 0.744 bits per heavy atom. The Morgan fingerprint density at radius 2 is 1.46 bits per heavy atom. The number of rotatable bonds is 10. The van der Waals surface area contributed by atoms with Gasteiger partial charge in [0, 0.05) is 5.56 Å². The van der Waals surface area contributed by atoms with Gasteiger partial charge in [-0.15, -0.1) is 0 Å². The van der Waals surface area contributed by atoms with E-state index in [0.717, 1.165) is 37.7 Å². The second-order valence-electron chi connectivity index (χ2n) is 10.5. The average Bonchev–Trinajstić information content (AvgIpc) is 2.94. The Labute approximate surface area is 228 Å². The van der Waals surface area contributed by atoms with Crippen LogP contribution >= 0.6 is 0 Å². The van der Waals surface area contributed by atoms with Gasteiger partial charge in [-0.2, -0.15) is 0 Å². The summed E-state index contributed by atoms with van der Waals surface area (Å²) in [6, 6.07) is 13.3. The molecule has 3 aromatic rings. The lowest BCUT2D eigenvalue weighted by Gasteiger charge is -2.29. The molecule has 0 atom stereocenters. The number of ether oxygens (including phenoxy) is 1. The Kier molecular flexibility index (Phi) is 9.82. The maximum atomic E-state index is 14.9. The van der Waals surface area contributed by atoms with Gasteiger partial charge in [0.1, 0.15) is 6.10 Å². The smallest absolute Gasteiger partial charge is 0.341 e. The molecule has 0 heterocycles. The van der Waals surface area contributed by atoms with Gasteiger partial charge in [-0.05, 0) is 79.2 Å². The van der Waals surface area contributed by atoms with E-state index in [4.69, 9.17) is 4.74 Å². The van der Waals surface area contributed by atoms with E-state index < -0.39 is 40.9 Å². The third-order valence-corrected chi connectivity index (χ3v) is 7.74. The summed E-state index contributed by atoms with van der Waals surface area (Å²) in [6.45, 7) is 4.13. The third-order valence-electron chi connectivity index (χ3n) is 7.74. The Morgan fingerprint density at radius 3 is 2.13 bits per heavy atom. The number of benzene rings is 3. The van der Waals surface area contributed by atoms with Crippen molar-refractivity contribution < 1.29 is 27.1 Å². The van der Waals surface area contributed by atoms with Crippen LogP contribution in [0.2, 0.25) is 0 Å². The molecule has 0 unspecified atom stereocenters. The van der Waals surface area contributed by atoms with Gasteiger partial charge in [0.2, 0.25) is 0 Å². The topological polar surface area (TPSA) is 26.3 Å². The van der Waals surface area contributed by atoms with Gasteiger partial charge in [0.05, 0.1) is 5.56 Å². The van der Waals surface area contributed by atoms with Crippen LogP contribution in [0.5, 0.6) is 0 Å². The molecule has 0 aromatic heterocycles. The number of carbonyl (C=O) groups is 1. The van der Waals surface area contributed by atoms with E-state index >= 15 is 0 Å². The molecular formula is C33H36F4O2. The van der Waals surface area contributed by atoms with E-state index in [1.54, 1.807) is 24.3 Å². The van der Waals surface area contributed by atoms with Crippen LogP contribution in [0.3, 0.4) is 0 Å². The molecule has 0 bridgehead atoms. The van der Waals surface area contributed by atoms with Gasteiger partial charge in [0.15, 0.2) is 23.3 Å². The summed E-state index contributed by atoms with van der Waals surface area (Å²) in [5, 5.41) is 0. The Hall–Kier alpha value is -3.15. The van der Waals surface area contributed by atoms with Crippen LogP contribution in [0.15, 0.2) is 48.5 Å². The summed E-state index contributed by atoms with van der Waals surface area (Å²) in [7, 11) is 0. The molecule has 0 aliphatic heterocycles. The first-order chi connectivity index (χ1) is 18.8. The summed E-state index contributed by atoms with van der Waals surface area (Å²) in [5.41, 5.74) is 2.03. The van der Waals surface area contributed by atoms with Crippen molar-refractivity contribution in [2.75, 3.05) is 0 Å². The van der Waals surface area contributed by atoms with Crippen molar-refractivity contribution in [3.63, 3.8) is 0 Å². The van der Waals surface area contributed by atoms with Crippen molar-refractivity contribution in [1.82, 2.24) is 0 Å². The molecule has 208 valence electrons. The first kappa shape index (κ1) is 28.8. The summed E-state index contributed by atoms with van der Waals surface area (Å²) < 4.78 is 64.8. The van der Waals surface area contributed by atoms with Gasteiger partial charge in [-0.25, -0.2) is 22.4 Å². The molecule has 0 saturated heterocycles. The Balaban J connectivity index is 1.37. The van der Waals surface area contributed by atoms with Gasteiger partial charge in [-0.1, -0.05) is 75.6 Å². The van der Waals surface area contributed by atoms with Crippen molar-refractivity contribution in [1.29, 1.82) is 0 Å². The summed E-state index contributed by atoms with van der Waals surface area (Å²) in [6.07, 6.45) is 6.60. The normalized spacial score (nSPS) is 17.3. The zero-order chi connectivity index (χ0) is 27.9. The second kappa shape index (κ2) is 13.3. The van der Waals surface area contributed by atoms with Crippen LogP contribution in [-0.4, -0.2) is 12.1 Å². The Bertz CT molecular complexity index is 1280. The molecule has 1 fully saturated rings. The van der Waals surface area contributed by atoms with Crippen molar-refractivity contribution in [3.05, 3.63) is 94.1 Å². The number of hydrogen-bond acceptors (Lipinski definition) is 2. The van der Waals surface area contributed by atoms with Gasteiger partial charge in [-0.3, -0.25) is 0 Å². The fourth-order valence-electron chi connectivity index (χ4n) is 5.45. The minimum Gasteiger partial charge on any atom is -0.459 e. The molecule has 2 nitrogen and oxygen atoms in total. The SMILES string of the molecule is CCCCCc1ccc(C2CCC(OC(=O)c3ccc(-c4ccc(CCC)cc4)c(F)c3F)CC2)c(F)c1F. The van der Waals surface area contributed by atoms with Gasteiger partial charge in [0.25, 0.3) is 0 Å². The standard InChI is InChI=1S/C33H36F4O2/c1-3-5-6-8-24-15-18-26(30(35)29(24)34)23-13-16-25(17-14-23)39-33(38)28-20-19-27(31(36)32(28)37)22-11-9-21(7-4-2)10-12-22/h9-12,15,18-20,23,25H,3-8,13-14,16-17H2,1-2H3. The first-order valence-electron chi connectivity index (χ1n) is 14.1. The van der Waals surface area contributed by atoms with Gasteiger partial charge < -0.3 is 4.74 Å². The molecule has 0 spiro atoms. The highest BCUT2D eigenvalue weighted by molar-refractivity contribution is 5.90. The molecule has 1 saturated carbocycles. The van der Waals surface area contributed by atoms with Crippen LogP contribution in [0, 0.1) is 23.3 Å². The monoisotopic (exact) mass is 540 g/mol. The highest BCUT2D eigenvalue weighted by Crippen LogP contribution is 2.37. The minimum absolute atomic E-state index is 0.0817. The van der Waals surface area contributed by atoms with Crippen molar-refractivity contribution in [2.45, 2.75) is 90.1 Å². The van der Waals surface area contributed by atoms with Gasteiger partial charge >= 0.3 is 5.97 Å². The molecule has 6 heteroatoms. The molecular weight excluding hydrogens is 504 g/mol. The minimum atomic E-state index is -1.24. The lowest BCUT2D eigenvalue weighted by Crippen LogP contribution is -2.25. The number of esters is 1. The summed E-state index contributed by atoms with van der Waals surface area (Å²) >= 11 is 0. The predicted molar refractivity (Wildman–Crippen MR) is 146 cm³/mol. The van der Waals surface area contributed by atoms with Crippen molar-refractivity contribution in [2.24, 2.45) is 0 Å². The van der Waals surface area contributed by atoms with Crippen LogP contribution < -0.4 is 0 Å². The zero-order valence-electron chi connectivity index (χ0n) is 22.7. The molecule has 0 amide bonds. The number of unbranched alkanes of at least 4 members (excludes halogenated alkanes) is 2. The fraction of sp³-hybridized carbons (Fsp3) is 0.424. The maximum absolute atomic E-state index is 14.9. The van der Waals surface area contributed by atoms with E-state index in [1.807, 2.05) is 12.1 Å². The van der Waals surface area contributed by atoms with Crippen LogP contribution in [0.25, 0.3) is 11.1 Å². The lowest BCUT2D eigenvalue weighted by molar-refractivity contribution is 0.0188. The number of aryl methyl sites for hydroxylation is 2. The molecule has 4 rings (SSSR count). The van der Waals surface area contributed by atoms with E-state index in [9.17, 15) is 22.4 Å². The molecule has 0 N–H and O–H groups in total. The zero-order valence-corrected chi connectivity index (χ0v) is 22.7. The molecule has 1 aliphatic carbocycles. The van der Waals surface area contributed by atoms with E-state index in [0.29, 0.717) is 48.8 Å². The number of carbonyl (C=O) groups excluding carboxylic acids is 1. The number of halogens is 4. The second-order valence-corrected chi connectivity index (χ2v) is 10.5. The maximum Gasteiger partial charge on any atom is 0.341 e. The summed E-state index contributed by atoms with van der Waals surface area (Å²) in [4.78, 5) is 12.7. The molecule has 0 radical (unpaired) electrons. The van der Waals surface area contributed by atoms with Crippen LogP contribution in [0.4, 0.5) is 17.6 Å². The average molecular weight is 541 g/mol. The lowest BCUT2D eigenvalue weighted by atomic mass is 9.82. The number of hydrogen-bond donors (Lipinski definition) is 0. The molecule has 1 aliphatic rings.